The number of hydrogen-bond donors (Lipinski definition) is 1. The van der Waals surface area contributed by atoms with Gasteiger partial charge in [0.15, 0.2) is 0 Å². The first kappa shape index (κ1) is 21.4. The zero-order valence-electron chi connectivity index (χ0n) is 18.1. The van der Waals surface area contributed by atoms with Gasteiger partial charge in [0, 0.05) is 5.69 Å². The molecule has 4 amide bonds. The number of imide groups is 1. The second-order valence-electron chi connectivity index (χ2n) is 7.82. The van der Waals surface area contributed by atoms with Crippen molar-refractivity contribution in [2.24, 2.45) is 0 Å². The summed E-state index contributed by atoms with van der Waals surface area (Å²) >= 11 is 0. The van der Waals surface area contributed by atoms with Crippen LogP contribution in [0.5, 0.6) is 0 Å². The van der Waals surface area contributed by atoms with Gasteiger partial charge >= 0.3 is 6.03 Å². The quantitative estimate of drug-likeness (QED) is 0.558. The fourth-order valence-corrected chi connectivity index (χ4v) is 3.80. The van der Waals surface area contributed by atoms with Crippen molar-refractivity contribution in [2.45, 2.75) is 39.3 Å². The van der Waals surface area contributed by atoms with Crippen LogP contribution in [0.4, 0.5) is 16.2 Å². The van der Waals surface area contributed by atoms with E-state index in [9.17, 15) is 14.4 Å². The van der Waals surface area contributed by atoms with Crippen molar-refractivity contribution in [3.05, 3.63) is 83.8 Å². The molecule has 1 aliphatic rings. The molecule has 0 aliphatic carbocycles. The van der Waals surface area contributed by atoms with E-state index in [1.165, 1.54) is 11.2 Å². The van der Waals surface area contributed by atoms with Crippen molar-refractivity contribution in [3.63, 3.8) is 0 Å². The molecule has 2 aromatic carbocycles. The first-order valence-corrected chi connectivity index (χ1v) is 10.6. The summed E-state index contributed by atoms with van der Waals surface area (Å²) < 4.78 is 5.39. The van der Waals surface area contributed by atoms with Gasteiger partial charge in [-0.2, -0.15) is 0 Å². The Kier molecular flexibility index (Phi) is 6.07. The standard InChI is InChI=1S/C25H25N3O4/c1-3-18-9-11-19(12-10-18)26-23(29)15-22-24(30)28(20-7-4-6-17(2)14-20)25(31)27(22)16-21-8-5-13-32-21/h4-14,22H,3,15-16H2,1-2H3,(H,26,29)/t22-/m0/s1. The fraction of sp³-hybridized carbons (Fsp3) is 0.240. The summed E-state index contributed by atoms with van der Waals surface area (Å²) in [6.07, 6.45) is 2.27. The predicted molar refractivity (Wildman–Crippen MR) is 121 cm³/mol. The first-order chi connectivity index (χ1) is 15.5. The number of carbonyl (C=O) groups excluding carboxylic acids is 3. The van der Waals surface area contributed by atoms with Gasteiger partial charge in [0.25, 0.3) is 5.91 Å². The summed E-state index contributed by atoms with van der Waals surface area (Å²) in [5, 5.41) is 2.83. The molecule has 7 heteroatoms. The Bertz CT molecular complexity index is 1120. The monoisotopic (exact) mass is 431 g/mol. The van der Waals surface area contributed by atoms with Crippen molar-refractivity contribution in [1.82, 2.24) is 4.90 Å². The molecule has 32 heavy (non-hydrogen) atoms. The molecule has 1 N–H and O–H groups in total. The summed E-state index contributed by atoms with van der Waals surface area (Å²) in [6, 6.07) is 16.8. The number of nitrogens with zero attached hydrogens (tertiary/aromatic N) is 2. The van der Waals surface area contributed by atoms with Gasteiger partial charge in [-0.25, -0.2) is 9.69 Å². The Balaban J connectivity index is 1.57. The number of amides is 4. The van der Waals surface area contributed by atoms with Gasteiger partial charge in [-0.3, -0.25) is 9.59 Å². The van der Waals surface area contributed by atoms with Crippen molar-refractivity contribution < 1.29 is 18.8 Å². The van der Waals surface area contributed by atoms with Crippen LogP contribution in [0.2, 0.25) is 0 Å². The third kappa shape index (κ3) is 4.42. The zero-order valence-corrected chi connectivity index (χ0v) is 18.1. The van der Waals surface area contributed by atoms with Crippen molar-refractivity contribution >= 4 is 29.2 Å². The highest BCUT2D eigenvalue weighted by Crippen LogP contribution is 2.29. The van der Waals surface area contributed by atoms with Crippen LogP contribution in [0.25, 0.3) is 0 Å². The number of benzene rings is 2. The van der Waals surface area contributed by atoms with Crippen LogP contribution in [0, 0.1) is 6.92 Å². The molecule has 1 aromatic heterocycles. The summed E-state index contributed by atoms with van der Waals surface area (Å²) in [7, 11) is 0. The summed E-state index contributed by atoms with van der Waals surface area (Å²) in [4.78, 5) is 41.8. The Morgan fingerprint density at radius 3 is 2.50 bits per heavy atom. The third-order valence-corrected chi connectivity index (χ3v) is 5.51. The lowest BCUT2D eigenvalue weighted by atomic mass is 10.1. The van der Waals surface area contributed by atoms with Crippen LogP contribution in [-0.4, -0.2) is 28.8 Å². The number of rotatable bonds is 7. The van der Waals surface area contributed by atoms with E-state index in [-0.39, 0.29) is 18.9 Å². The largest absolute Gasteiger partial charge is 0.467 e. The van der Waals surface area contributed by atoms with E-state index >= 15 is 0 Å². The van der Waals surface area contributed by atoms with Crippen LogP contribution in [0.15, 0.2) is 71.3 Å². The number of aryl methyl sites for hydroxylation is 2. The van der Waals surface area contributed by atoms with E-state index in [1.54, 1.807) is 30.3 Å². The molecule has 0 bridgehead atoms. The summed E-state index contributed by atoms with van der Waals surface area (Å²) in [5.74, 6) is -0.225. The maximum atomic E-state index is 13.3. The average Bonchev–Trinajstić information content (AvgIpc) is 3.37. The Morgan fingerprint density at radius 2 is 1.84 bits per heavy atom. The van der Waals surface area contributed by atoms with Crippen molar-refractivity contribution in [3.8, 4) is 0 Å². The lowest BCUT2D eigenvalue weighted by molar-refractivity contribution is -0.124. The van der Waals surface area contributed by atoms with E-state index in [2.05, 4.69) is 12.2 Å². The topological polar surface area (TPSA) is 82.9 Å². The second kappa shape index (κ2) is 9.09. The molecule has 1 fully saturated rings. The summed E-state index contributed by atoms with van der Waals surface area (Å²) in [5.41, 5.74) is 3.23. The van der Waals surface area contributed by atoms with Crippen LogP contribution in [0.1, 0.15) is 30.2 Å². The van der Waals surface area contributed by atoms with Crippen LogP contribution < -0.4 is 10.2 Å². The first-order valence-electron chi connectivity index (χ1n) is 10.6. The lowest BCUT2D eigenvalue weighted by Crippen LogP contribution is -2.37. The predicted octanol–water partition coefficient (Wildman–Crippen LogP) is 4.52. The molecule has 1 aliphatic heterocycles. The molecule has 7 nitrogen and oxygen atoms in total. The van der Waals surface area contributed by atoms with Gasteiger partial charge in [-0.15, -0.1) is 0 Å². The summed E-state index contributed by atoms with van der Waals surface area (Å²) in [6.45, 7) is 4.05. The van der Waals surface area contributed by atoms with E-state index in [1.807, 2.05) is 37.3 Å². The minimum atomic E-state index is -0.928. The van der Waals surface area contributed by atoms with Gasteiger partial charge in [-0.05, 0) is 60.9 Å². The normalized spacial score (nSPS) is 16.0. The molecule has 0 radical (unpaired) electrons. The van der Waals surface area contributed by atoms with Gasteiger partial charge in [0.05, 0.1) is 24.9 Å². The maximum Gasteiger partial charge on any atom is 0.332 e. The molecule has 0 saturated carbocycles. The molecule has 4 rings (SSSR count). The van der Waals surface area contributed by atoms with Gasteiger partial charge in [-0.1, -0.05) is 31.2 Å². The molecule has 2 heterocycles. The van der Waals surface area contributed by atoms with Crippen molar-refractivity contribution in [1.29, 1.82) is 0 Å². The molecular formula is C25H25N3O4. The Labute approximate surface area is 186 Å². The maximum absolute atomic E-state index is 13.3. The van der Waals surface area contributed by atoms with Gasteiger partial charge < -0.3 is 14.6 Å². The SMILES string of the molecule is CCc1ccc(NC(=O)C[C@H]2C(=O)N(c3cccc(C)c3)C(=O)N2Cc2ccco2)cc1. The highest BCUT2D eigenvalue weighted by atomic mass is 16.3. The number of anilines is 2. The fourth-order valence-electron chi connectivity index (χ4n) is 3.80. The van der Waals surface area contributed by atoms with E-state index < -0.39 is 18.0 Å². The smallest absolute Gasteiger partial charge is 0.332 e. The highest BCUT2D eigenvalue weighted by molar-refractivity contribution is 6.22. The average molecular weight is 431 g/mol. The van der Waals surface area contributed by atoms with E-state index in [0.717, 1.165) is 22.4 Å². The number of hydrogen-bond acceptors (Lipinski definition) is 4. The van der Waals surface area contributed by atoms with Crippen LogP contribution in [-0.2, 0) is 22.6 Å². The second-order valence-corrected chi connectivity index (χ2v) is 7.82. The zero-order chi connectivity index (χ0) is 22.7. The van der Waals surface area contributed by atoms with E-state index in [0.29, 0.717) is 17.1 Å². The third-order valence-electron chi connectivity index (χ3n) is 5.51. The number of nitrogens with one attached hydrogen (secondary N) is 1. The number of furan rings is 1. The number of carbonyl (C=O) groups is 3. The minimum Gasteiger partial charge on any atom is -0.467 e. The molecular weight excluding hydrogens is 406 g/mol. The molecule has 164 valence electrons. The Hall–Kier alpha value is -3.87. The van der Waals surface area contributed by atoms with Crippen LogP contribution >= 0.6 is 0 Å². The molecule has 0 unspecified atom stereocenters. The van der Waals surface area contributed by atoms with Crippen LogP contribution in [0.3, 0.4) is 0 Å². The molecule has 3 aromatic rings. The highest BCUT2D eigenvalue weighted by Gasteiger charge is 2.47. The van der Waals surface area contributed by atoms with E-state index in [4.69, 9.17) is 4.42 Å². The number of urea groups is 1. The van der Waals surface area contributed by atoms with Gasteiger partial charge in [0.1, 0.15) is 11.8 Å². The van der Waals surface area contributed by atoms with Gasteiger partial charge in [0.2, 0.25) is 5.91 Å². The van der Waals surface area contributed by atoms with Crippen molar-refractivity contribution in [2.75, 3.05) is 10.2 Å². The molecule has 0 spiro atoms. The molecule has 1 atom stereocenters. The molecule has 1 saturated heterocycles. The Morgan fingerprint density at radius 1 is 1.06 bits per heavy atom. The lowest BCUT2D eigenvalue weighted by Gasteiger charge is -2.20. The minimum absolute atomic E-state index is 0.100.